The van der Waals surface area contributed by atoms with E-state index >= 15 is 0 Å². The highest BCUT2D eigenvalue weighted by atomic mass is 32.1. The average molecular weight is 335 g/mol. The van der Waals surface area contributed by atoms with E-state index in [2.05, 4.69) is 20.6 Å². The molecule has 2 aromatic carbocycles. The van der Waals surface area contributed by atoms with Gasteiger partial charge in [-0.25, -0.2) is 9.67 Å². The Morgan fingerprint density at radius 3 is 2.75 bits per heavy atom. The molecule has 0 saturated heterocycles. The van der Waals surface area contributed by atoms with Gasteiger partial charge in [-0.15, -0.1) is 5.10 Å². The molecule has 118 valence electrons. The molecule has 0 aliphatic carbocycles. The lowest BCUT2D eigenvalue weighted by atomic mass is 10.2. The SMILES string of the molecule is Cc1cccc2sc(NC(=O)c3cn(-c4ccccc4)nn3)nc12. The van der Waals surface area contributed by atoms with Gasteiger partial charge in [-0.05, 0) is 30.7 Å². The minimum absolute atomic E-state index is 0.245. The van der Waals surface area contributed by atoms with E-state index in [9.17, 15) is 4.79 Å². The monoisotopic (exact) mass is 335 g/mol. The number of hydrogen-bond donors (Lipinski definition) is 1. The molecule has 4 aromatic rings. The highest BCUT2D eigenvalue weighted by Gasteiger charge is 2.14. The van der Waals surface area contributed by atoms with Crippen molar-refractivity contribution in [2.45, 2.75) is 6.92 Å². The maximum atomic E-state index is 12.4. The first-order valence-corrected chi connectivity index (χ1v) is 8.17. The standard InChI is InChI=1S/C17H13N5OS/c1-11-6-5-9-14-15(11)18-17(24-14)19-16(23)13-10-22(21-20-13)12-7-3-2-4-8-12/h2-10H,1H3,(H,18,19,23). The Morgan fingerprint density at radius 2 is 1.96 bits per heavy atom. The van der Waals surface area contributed by atoms with Gasteiger partial charge < -0.3 is 0 Å². The van der Waals surface area contributed by atoms with E-state index < -0.39 is 0 Å². The summed E-state index contributed by atoms with van der Waals surface area (Å²) in [4.78, 5) is 16.8. The highest BCUT2D eigenvalue weighted by molar-refractivity contribution is 7.22. The van der Waals surface area contributed by atoms with Crippen LogP contribution in [-0.2, 0) is 0 Å². The molecule has 0 aliphatic rings. The lowest BCUT2D eigenvalue weighted by Crippen LogP contribution is -2.12. The lowest BCUT2D eigenvalue weighted by Gasteiger charge is -1.98. The van der Waals surface area contributed by atoms with Crippen LogP contribution in [0.2, 0.25) is 0 Å². The summed E-state index contributed by atoms with van der Waals surface area (Å²) >= 11 is 1.44. The molecule has 0 fully saturated rings. The Balaban J connectivity index is 1.58. The number of fused-ring (bicyclic) bond motifs is 1. The number of aromatic nitrogens is 4. The third-order valence-corrected chi connectivity index (χ3v) is 4.52. The van der Waals surface area contributed by atoms with Crippen molar-refractivity contribution < 1.29 is 4.79 Å². The van der Waals surface area contributed by atoms with Crippen molar-refractivity contribution in [3.05, 3.63) is 66.0 Å². The number of hydrogen-bond acceptors (Lipinski definition) is 5. The van der Waals surface area contributed by atoms with Gasteiger partial charge in [0.15, 0.2) is 10.8 Å². The van der Waals surface area contributed by atoms with E-state index in [1.165, 1.54) is 11.3 Å². The zero-order valence-electron chi connectivity index (χ0n) is 12.8. The fourth-order valence-corrected chi connectivity index (χ4v) is 3.31. The van der Waals surface area contributed by atoms with Crippen molar-refractivity contribution >= 4 is 32.6 Å². The number of benzene rings is 2. The number of amides is 1. The van der Waals surface area contributed by atoms with Crippen LogP contribution in [0.5, 0.6) is 0 Å². The van der Waals surface area contributed by atoms with Gasteiger partial charge in [0, 0.05) is 0 Å². The van der Waals surface area contributed by atoms with Gasteiger partial charge in [-0.3, -0.25) is 10.1 Å². The maximum Gasteiger partial charge on any atom is 0.279 e. The van der Waals surface area contributed by atoms with E-state index in [1.54, 1.807) is 10.9 Å². The molecule has 6 nitrogen and oxygen atoms in total. The quantitative estimate of drug-likeness (QED) is 0.622. The first kappa shape index (κ1) is 14.5. The van der Waals surface area contributed by atoms with Crippen LogP contribution in [0.15, 0.2) is 54.7 Å². The third kappa shape index (κ3) is 2.65. The van der Waals surface area contributed by atoms with Crippen molar-refractivity contribution in [2.75, 3.05) is 5.32 Å². The Bertz CT molecular complexity index is 1020. The number of carbonyl (C=O) groups is 1. The predicted octanol–water partition coefficient (Wildman–Crippen LogP) is 3.44. The van der Waals surface area contributed by atoms with Crippen LogP contribution in [0.3, 0.4) is 0 Å². The molecule has 4 rings (SSSR count). The second-order valence-corrected chi connectivity index (χ2v) is 6.31. The van der Waals surface area contributed by atoms with Gasteiger partial charge in [0.1, 0.15) is 0 Å². The van der Waals surface area contributed by atoms with Crippen LogP contribution >= 0.6 is 11.3 Å². The zero-order valence-corrected chi connectivity index (χ0v) is 13.6. The summed E-state index contributed by atoms with van der Waals surface area (Å²) < 4.78 is 2.61. The molecule has 0 aliphatic heterocycles. The summed E-state index contributed by atoms with van der Waals surface area (Å²) in [6.07, 6.45) is 1.60. The summed E-state index contributed by atoms with van der Waals surface area (Å²) in [6.45, 7) is 2.00. The minimum atomic E-state index is -0.325. The topological polar surface area (TPSA) is 72.7 Å². The molecule has 2 heterocycles. The zero-order chi connectivity index (χ0) is 16.5. The lowest BCUT2D eigenvalue weighted by molar-refractivity contribution is 0.102. The highest BCUT2D eigenvalue weighted by Crippen LogP contribution is 2.28. The predicted molar refractivity (Wildman–Crippen MR) is 93.7 cm³/mol. The normalized spacial score (nSPS) is 10.9. The Hall–Kier alpha value is -3.06. The first-order chi connectivity index (χ1) is 11.7. The maximum absolute atomic E-state index is 12.4. The molecule has 0 spiro atoms. The van der Waals surface area contributed by atoms with Crippen molar-refractivity contribution in [1.29, 1.82) is 0 Å². The van der Waals surface area contributed by atoms with Crippen LogP contribution in [0, 0.1) is 6.92 Å². The number of rotatable bonds is 3. The van der Waals surface area contributed by atoms with Gasteiger partial charge in [-0.1, -0.05) is 46.9 Å². The first-order valence-electron chi connectivity index (χ1n) is 7.36. The summed E-state index contributed by atoms with van der Waals surface area (Å²) in [5.41, 5.74) is 3.08. The smallest absolute Gasteiger partial charge is 0.279 e. The average Bonchev–Trinajstić information content (AvgIpc) is 3.23. The number of thiazole rings is 1. The molecule has 0 saturated carbocycles. The molecule has 7 heteroatoms. The largest absolute Gasteiger partial charge is 0.296 e. The molecular formula is C17H13N5OS. The number of nitrogens with one attached hydrogen (secondary N) is 1. The Kier molecular flexibility index (Phi) is 3.55. The van der Waals surface area contributed by atoms with Crippen molar-refractivity contribution in [3.8, 4) is 5.69 Å². The molecule has 0 radical (unpaired) electrons. The number of carbonyl (C=O) groups excluding carboxylic acids is 1. The number of anilines is 1. The van der Waals surface area contributed by atoms with Crippen LogP contribution in [0.25, 0.3) is 15.9 Å². The van der Waals surface area contributed by atoms with Crippen LogP contribution in [-0.4, -0.2) is 25.9 Å². The summed E-state index contributed by atoms with van der Waals surface area (Å²) in [5, 5.41) is 11.3. The number of nitrogens with zero attached hydrogens (tertiary/aromatic N) is 4. The third-order valence-electron chi connectivity index (χ3n) is 3.59. The van der Waals surface area contributed by atoms with Crippen molar-refractivity contribution in [3.63, 3.8) is 0 Å². The van der Waals surface area contributed by atoms with Gasteiger partial charge in [-0.2, -0.15) is 0 Å². The molecule has 24 heavy (non-hydrogen) atoms. The fourth-order valence-electron chi connectivity index (χ4n) is 2.38. The van der Waals surface area contributed by atoms with E-state index in [0.29, 0.717) is 5.13 Å². The van der Waals surface area contributed by atoms with Gasteiger partial charge in [0.2, 0.25) is 0 Å². The van der Waals surface area contributed by atoms with Gasteiger partial charge in [0.25, 0.3) is 5.91 Å². The summed E-state index contributed by atoms with van der Waals surface area (Å²) in [7, 11) is 0. The van der Waals surface area contributed by atoms with E-state index in [1.807, 2.05) is 55.5 Å². The van der Waals surface area contributed by atoms with Crippen LogP contribution < -0.4 is 5.32 Å². The number of aryl methyl sites for hydroxylation is 1. The summed E-state index contributed by atoms with van der Waals surface area (Å²) in [5.74, 6) is -0.325. The molecule has 2 aromatic heterocycles. The van der Waals surface area contributed by atoms with Crippen LogP contribution in [0.4, 0.5) is 5.13 Å². The second-order valence-electron chi connectivity index (χ2n) is 5.28. The molecule has 0 atom stereocenters. The minimum Gasteiger partial charge on any atom is -0.296 e. The molecule has 1 N–H and O–H groups in total. The molecular weight excluding hydrogens is 322 g/mol. The molecule has 1 amide bonds. The van der Waals surface area contributed by atoms with Crippen LogP contribution in [0.1, 0.15) is 16.1 Å². The van der Waals surface area contributed by atoms with E-state index in [4.69, 9.17) is 0 Å². The van der Waals surface area contributed by atoms with Gasteiger partial charge in [0.05, 0.1) is 22.1 Å². The number of para-hydroxylation sites is 2. The molecule has 0 unspecified atom stereocenters. The Labute approximate surface area is 141 Å². The van der Waals surface area contributed by atoms with Gasteiger partial charge >= 0.3 is 0 Å². The van der Waals surface area contributed by atoms with Crippen molar-refractivity contribution in [1.82, 2.24) is 20.0 Å². The molecule has 0 bridgehead atoms. The van der Waals surface area contributed by atoms with Crippen molar-refractivity contribution in [2.24, 2.45) is 0 Å². The second kappa shape index (κ2) is 5.86. The van der Waals surface area contributed by atoms with E-state index in [0.717, 1.165) is 21.5 Å². The Morgan fingerprint density at radius 1 is 1.12 bits per heavy atom. The fraction of sp³-hybridized carbons (Fsp3) is 0.0588. The summed E-state index contributed by atoms with van der Waals surface area (Å²) in [6, 6.07) is 15.5. The van der Waals surface area contributed by atoms with E-state index in [-0.39, 0.29) is 11.6 Å².